The minimum atomic E-state index is -0.276. The molecule has 0 aliphatic carbocycles. The van der Waals surface area contributed by atoms with E-state index in [1.807, 2.05) is 41.6 Å². The fraction of sp³-hybridized carbons (Fsp3) is 0.444. The van der Waals surface area contributed by atoms with Crippen LogP contribution in [0.25, 0.3) is 0 Å². The first-order chi connectivity index (χ1) is 11.1. The van der Waals surface area contributed by atoms with E-state index in [1.165, 1.54) is 0 Å². The third-order valence-corrected chi connectivity index (χ3v) is 4.52. The van der Waals surface area contributed by atoms with Gasteiger partial charge in [0, 0.05) is 18.8 Å². The van der Waals surface area contributed by atoms with Crippen LogP contribution in [-0.4, -0.2) is 44.9 Å². The van der Waals surface area contributed by atoms with E-state index in [1.54, 1.807) is 0 Å². The average Bonchev–Trinajstić information content (AvgIpc) is 2.82. The van der Waals surface area contributed by atoms with Crippen molar-refractivity contribution in [3.63, 3.8) is 0 Å². The van der Waals surface area contributed by atoms with Gasteiger partial charge in [0.15, 0.2) is 0 Å². The maximum atomic E-state index is 12.8. The molecule has 3 rings (SSSR count). The molecule has 1 amide bonds. The Labute approximate surface area is 136 Å². The molecule has 1 aromatic carbocycles. The molecule has 1 aliphatic heterocycles. The number of carbonyl (C=O) groups excluding carboxylic acids is 1. The molecule has 1 aliphatic rings. The number of piperidine rings is 1. The number of rotatable bonds is 3. The number of benzene rings is 1. The summed E-state index contributed by atoms with van der Waals surface area (Å²) in [5.41, 5.74) is 3.55. The fourth-order valence-electron chi connectivity index (χ4n) is 3.14. The molecule has 5 nitrogen and oxygen atoms in total. The number of hydrogen-bond donors (Lipinski definition) is 1. The van der Waals surface area contributed by atoms with Crippen LogP contribution in [0.4, 0.5) is 0 Å². The zero-order chi connectivity index (χ0) is 16.4. The molecule has 2 heterocycles. The van der Waals surface area contributed by atoms with Crippen LogP contribution in [0, 0.1) is 13.8 Å². The SMILES string of the molecule is Cc1nn(Cc2ccccc2)c(C)c1C(=O)N1CCC(O)CC1. The molecule has 0 atom stereocenters. The van der Waals surface area contributed by atoms with Crippen LogP contribution in [0.15, 0.2) is 30.3 Å². The van der Waals surface area contributed by atoms with Crippen LogP contribution < -0.4 is 0 Å². The highest BCUT2D eigenvalue weighted by molar-refractivity contribution is 5.96. The summed E-state index contributed by atoms with van der Waals surface area (Å²) in [5.74, 6) is 0.0335. The second kappa shape index (κ2) is 6.54. The number of amides is 1. The van der Waals surface area contributed by atoms with Crippen LogP contribution in [0.1, 0.15) is 40.2 Å². The Bertz CT molecular complexity index is 686. The Morgan fingerprint density at radius 2 is 1.87 bits per heavy atom. The molecular formula is C18H23N3O2. The summed E-state index contributed by atoms with van der Waals surface area (Å²) in [4.78, 5) is 14.6. The molecule has 23 heavy (non-hydrogen) atoms. The van der Waals surface area contributed by atoms with Crippen LogP contribution in [0.5, 0.6) is 0 Å². The molecular weight excluding hydrogens is 290 g/mol. The number of aromatic nitrogens is 2. The van der Waals surface area contributed by atoms with Crippen molar-refractivity contribution in [2.45, 2.75) is 39.3 Å². The minimum Gasteiger partial charge on any atom is -0.393 e. The van der Waals surface area contributed by atoms with E-state index < -0.39 is 0 Å². The third kappa shape index (κ3) is 3.29. The Morgan fingerprint density at radius 1 is 1.22 bits per heavy atom. The van der Waals surface area contributed by atoms with Crippen molar-refractivity contribution in [3.05, 3.63) is 52.8 Å². The molecule has 1 fully saturated rings. The van der Waals surface area contributed by atoms with Gasteiger partial charge >= 0.3 is 0 Å². The predicted octanol–water partition coefficient (Wildman–Crippen LogP) is 2.15. The van der Waals surface area contributed by atoms with E-state index in [-0.39, 0.29) is 12.0 Å². The lowest BCUT2D eigenvalue weighted by Crippen LogP contribution is -2.40. The highest BCUT2D eigenvalue weighted by Crippen LogP contribution is 2.20. The molecule has 5 heteroatoms. The quantitative estimate of drug-likeness (QED) is 0.944. The number of carbonyl (C=O) groups is 1. The van der Waals surface area contributed by atoms with Gasteiger partial charge in [0.2, 0.25) is 0 Å². The number of nitrogens with zero attached hydrogens (tertiary/aromatic N) is 3. The summed E-state index contributed by atoms with van der Waals surface area (Å²) in [7, 11) is 0. The smallest absolute Gasteiger partial charge is 0.257 e. The van der Waals surface area contributed by atoms with Crippen LogP contribution >= 0.6 is 0 Å². The van der Waals surface area contributed by atoms with Gasteiger partial charge in [-0.3, -0.25) is 9.48 Å². The predicted molar refractivity (Wildman–Crippen MR) is 88.4 cm³/mol. The van der Waals surface area contributed by atoms with Gasteiger partial charge in [0.05, 0.1) is 23.9 Å². The number of hydrogen-bond acceptors (Lipinski definition) is 3. The Morgan fingerprint density at radius 3 is 2.52 bits per heavy atom. The number of aliphatic hydroxyl groups excluding tert-OH is 1. The van der Waals surface area contributed by atoms with Gasteiger partial charge in [0.1, 0.15) is 0 Å². The highest BCUT2D eigenvalue weighted by atomic mass is 16.3. The zero-order valence-electron chi connectivity index (χ0n) is 13.7. The first-order valence-corrected chi connectivity index (χ1v) is 8.11. The zero-order valence-corrected chi connectivity index (χ0v) is 13.7. The van der Waals surface area contributed by atoms with Gasteiger partial charge < -0.3 is 10.0 Å². The fourth-order valence-corrected chi connectivity index (χ4v) is 3.14. The highest BCUT2D eigenvalue weighted by Gasteiger charge is 2.26. The van der Waals surface area contributed by atoms with Crippen molar-refractivity contribution in [2.24, 2.45) is 0 Å². The molecule has 0 bridgehead atoms. The first kappa shape index (κ1) is 15.7. The Balaban J connectivity index is 1.81. The van der Waals surface area contributed by atoms with Gasteiger partial charge in [-0.2, -0.15) is 5.10 Å². The summed E-state index contributed by atoms with van der Waals surface area (Å²) in [5, 5.41) is 14.2. The summed E-state index contributed by atoms with van der Waals surface area (Å²) in [6, 6.07) is 10.1. The molecule has 1 N–H and O–H groups in total. The third-order valence-electron chi connectivity index (χ3n) is 4.52. The first-order valence-electron chi connectivity index (χ1n) is 8.11. The molecule has 2 aromatic rings. The minimum absolute atomic E-state index is 0.0335. The molecule has 1 aromatic heterocycles. The lowest BCUT2D eigenvalue weighted by Gasteiger charge is -2.29. The van der Waals surface area contributed by atoms with E-state index in [9.17, 15) is 9.90 Å². The van der Waals surface area contributed by atoms with E-state index >= 15 is 0 Å². The lowest BCUT2D eigenvalue weighted by atomic mass is 10.1. The monoisotopic (exact) mass is 313 g/mol. The van der Waals surface area contributed by atoms with Crippen molar-refractivity contribution in [1.29, 1.82) is 0 Å². The largest absolute Gasteiger partial charge is 0.393 e. The van der Waals surface area contributed by atoms with Crippen LogP contribution in [0.3, 0.4) is 0 Å². The van der Waals surface area contributed by atoms with Crippen molar-refractivity contribution >= 4 is 5.91 Å². The summed E-state index contributed by atoms with van der Waals surface area (Å²) >= 11 is 0. The summed E-state index contributed by atoms with van der Waals surface area (Å²) in [6.45, 7) is 5.74. The Hall–Kier alpha value is -2.14. The van der Waals surface area contributed by atoms with Crippen molar-refractivity contribution < 1.29 is 9.90 Å². The van der Waals surface area contributed by atoms with Gasteiger partial charge in [-0.1, -0.05) is 30.3 Å². The Kier molecular flexibility index (Phi) is 4.48. The molecule has 122 valence electrons. The molecule has 0 saturated carbocycles. The maximum Gasteiger partial charge on any atom is 0.257 e. The van der Waals surface area contributed by atoms with Crippen LogP contribution in [0.2, 0.25) is 0 Å². The normalized spacial score (nSPS) is 15.9. The number of aryl methyl sites for hydroxylation is 1. The topological polar surface area (TPSA) is 58.4 Å². The molecule has 0 unspecified atom stereocenters. The lowest BCUT2D eigenvalue weighted by molar-refractivity contribution is 0.0545. The van der Waals surface area contributed by atoms with Crippen molar-refractivity contribution in [3.8, 4) is 0 Å². The van der Waals surface area contributed by atoms with Crippen LogP contribution in [-0.2, 0) is 6.54 Å². The van der Waals surface area contributed by atoms with E-state index in [2.05, 4.69) is 17.2 Å². The average molecular weight is 313 g/mol. The molecule has 1 saturated heterocycles. The van der Waals surface area contributed by atoms with Gasteiger partial charge in [-0.15, -0.1) is 0 Å². The number of likely N-dealkylation sites (tertiary alicyclic amines) is 1. The van der Waals surface area contributed by atoms with E-state index in [4.69, 9.17) is 0 Å². The second-order valence-corrected chi connectivity index (χ2v) is 6.21. The van der Waals surface area contributed by atoms with Gasteiger partial charge in [-0.05, 0) is 32.3 Å². The van der Waals surface area contributed by atoms with E-state index in [0.717, 1.165) is 17.0 Å². The maximum absolute atomic E-state index is 12.8. The van der Waals surface area contributed by atoms with Gasteiger partial charge in [-0.25, -0.2) is 0 Å². The second-order valence-electron chi connectivity index (χ2n) is 6.21. The number of aliphatic hydroxyl groups is 1. The standard InChI is InChI=1S/C18H23N3O2/c1-13-17(18(23)20-10-8-16(22)9-11-20)14(2)21(19-13)12-15-6-4-3-5-7-15/h3-7,16,22H,8-12H2,1-2H3. The van der Waals surface area contributed by atoms with Crippen molar-refractivity contribution in [1.82, 2.24) is 14.7 Å². The summed E-state index contributed by atoms with van der Waals surface area (Å²) in [6.07, 6.45) is 1.03. The van der Waals surface area contributed by atoms with Crippen molar-refractivity contribution in [2.75, 3.05) is 13.1 Å². The molecule has 0 radical (unpaired) electrons. The van der Waals surface area contributed by atoms with E-state index in [0.29, 0.717) is 38.0 Å². The summed E-state index contributed by atoms with van der Waals surface area (Å²) < 4.78 is 1.90. The van der Waals surface area contributed by atoms with Gasteiger partial charge in [0.25, 0.3) is 5.91 Å². The molecule has 0 spiro atoms.